The maximum Gasteiger partial charge on any atom is 0.0300 e. The molecule has 0 saturated heterocycles. The Hall–Kier alpha value is -0.0300. The number of likely N-dealkylation sites (N-methyl/N-ethyl adjacent to an activating group) is 1. The molecule has 1 aromatic rings. The van der Waals surface area contributed by atoms with Gasteiger partial charge in [0.05, 0.1) is 0 Å². The smallest absolute Gasteiger partial charge is 0.0300 e. The molecule has 0 spiro atoms. The zero-order chi connectivity index (χ0) is 12.8. The van der Waals surface area contributed by atoms with E-state index >= 15 is 0 Å². The summed E-state index contributed by atoms with van der Waals surface area (Å²) in [6.07, 6.45) is 1.28. The fraction of sp³-hybridized carbons (Fsp3) is 0.714. The molecule has 2 nitrogen and oxygen atoms in total. The maximum absolute atomic E-state index is 3.57. The van der Waals surface area contributed by atoms with Crippen LogP contribution < -0.4 is 5.32 Å². The Bertz CT molecular complexity index is 335. The number of thiophene rings is 1. The average molecular weight is 284 g/mol. The van der Waals surface area contributed by atoms with Gasteiger partial charge in [-0.25, -0.2) is 0 Å². The Morgan fingerprint density at radius 3 is 2.89 bits per heavy atom. The maximum atomic E-state index is 3.57. The van der Waals surface area contributed by atoms with E-state index in [0.717, 1.165) is 32.7 Å². The summed E-state index contributed by atoms with van der Waals surface area (Å²) in [6, 6.07) is 2.41. The van der Waals surface area contributed by atoms with E-state index in [1.54, 1.807) is 10.4 Å². The Morgan fingerprint density at radius 1 is 1.33 bits per heavy atom. The number of aryl methyl sites for hydroxylation is 1. The first-order chi connectivity index (χ1) is 8.83. The van der Waals surface area contributed by atoms with Gasteiger partial charge in [0, 0.05) is 35.1 Å². The van der Waals surface area contributed by atoms with E-state index < -0.39 is 0 Å². The Morgan fingerprint density at radius 2 is 2.17 bits per heavy atom. The normalized spacial score (nSPS) is 15.1. The van der Waals surface area contributed by atoms with E-state index in [4.69, 9.17) is 0 Å². The van der Waals surface area contributed by atoms with Crippen LogP contribution in [0.25, 0.3) is 0 Å². The summed E-state index contributed by atoms with van der Waals surface area (Å²) in [7, 11) is 0. The molecule has 0 fully saturated rings. The molecule has 0 unspecified atom stereocenters. The summed E-state index contributed by atoms with van der Waals surface area (Å²) >= 11 is 4.08. The summed E-state index contributed by atoms with van der Waals surface area (Å²) in [5.41, 5.74) is 1.59. The van der Waals surface area contributed by atoms with Crippen molar-refractivity contribution in [1.82, 2.24) is 10.2 Å². The lowest BCUT2D eigenvalue weighted by atomic mass is 10.2. The molecule has 18 heavy (non-hydrogen) atoms. The monoisotopic (exact) mass is 284 g/mol. The zero-order valence-electron chi connectivity index (χ0n) is 11.5. The minimum Gasteiger partial charge on any atom is -0.311 e. The minimum atomic E-state index is 1.05. The van der Waals surface area contributed by atoms with Crippen molar-refractivity contribution in [2.24, 2.45) is 0 Å². The van der Waals surface area contributed by atoms with E-state index in [2.05, 4.69) is 41.9 Å². The fourth-order valence-corrected chi connectivity index (χ4v) is 4.63. The van der Waals surface area contributed by atoms with Crippen LogP contribution in [0.1, 0.15) is 29.2 Å². The first-order valence-electron chi connectivity index (χ1n) is 6.94. The molecule has 0 atom stereocenters. The molecule has 0 bridgehead atoms. The summed E-state index contributed by atoms with van der Waals surface area (Å²) < 4.78 is 0. The zero-order valence-corrected chi connectivity index (χ0v) is 13.1. The number of hydrogen-bond acceptors (Lipinski definition) is 4. The molecule has 1 N–H and O–H groups in total. The second-order valence-electron chi connectivity index (χ2n) is 4.67. The van der Waals surface area contributed by atoms with Crippen LogP contribution in [0.3, 0.4) is 0 Å². The second-order valence-corrected chi connectivity index (χ2v) is 6.99. The van der Waals surface area contributed by atoms with E-state index in [0.29, 0.717) is 0 Å². The Balaban J connectivity index is 1.72. The average Bonchev–Trinajstić information content (AvgIpc) is 2.81. The first-order valence-corrected chi connectivity index (χ1v) is 8.91. The van der Waals surface area contributed by atoms with Gasteiger partial charge in [-0.3, -0.25) is 0 Å². The summed E-state index contributed by atoms with van der Waals surface area (Å²) in [5, 5.41) is 3.57. The minimum absolute atomic E-state index is 1.05. The van der Waals surface area contributed by atoms with Crippen LogP contribution in [0, 0.1) is 0 Å². The van der Waals surface area contributed by atoms with Gasteiger partial charge >= 0.3 is 0 Å². The van der Waals surface area contributed by atoms with Gasteiger partial charge in [0.2, 0.25) is 0 Å². The van der Waals surface area contributed by atoms with Gasteiger partial charge in [-0.1, -0.05) is 13.8 Å². The molecule has 0 radical (unpaired) electrons. The van der Waals surface area contributed by atoms with Gasteiger partial charge in [-0.2, -0.15) is 11.8 Å². The second kappa shape index (κ2) is 7.53. The summed E-state index contributed by atoms with van der Waals surface area (Å²) in [5.74, 6) is 2.54. The molecule has 0 aromatic carbocycles. The third-order valence-corrected chi connectivity index (χ3v) is 5.72. The van der Waals surface area contributed by atoms with E-state index in [9.17, 15) is 0 Å². The standard InChI is InChI=1S/C14H24N2S2/c1-3-16(4-2)7-6-15-10-13-9-12-11-17-8-5-14(12)18-13/h9,15H,3-8,10-11H2,1-2H3. The highest BCUT2D eigenvalue weighted by atomic mass is 32.2. The molecular weight excluding hydrogens is 260 g/mol. The number of nitrogens with zero attached hydrogens (tertiary/aromatic N) is 1. The highest BCUT2D eigenvalue weighted by Gasteiger charge is 2.13. The number of nitrogens with one attached hydrogen (secondary N) is 1. The van der Waals surface area contributed by atoms with Crippen LogP contribution in [0.4, 0.5) is 0 Å². The number of fused-ring (bicyclic) bond motifs is 1. The largest absolute Gasteiger partial charge is 0.311 e. The van der Waals surface area contributed by atoms with Crippen molar-refractivity contribution in [2.75, 3.05) is 31.9 Å². The molecule has 4 heteroatoms. The Kier molecular flexibility index (Phi) is 6.02. The molecule has 2 heterocycles. The predicted octanol–water partition coefficient (Wildman–Crippen LogP) is 2.97. The highest BCUT2D eigenvalue weighted by Crippen LogP contribution is 2.31. The fourth-order valence-electron chi connectivity index (χ4n) is 2.28. The van der Waals surface area contributed by atoms with Crippen LogP contribution in [0.5, 0.6) is 0 Å². The van der Waals surface area contributed by atoms with Gasteiger partial charge in [0.15, 0.2) is 0 Å². The third kappa shape index (κ3) is 3.98. The third-order valence-electron chi connectivity index (χ3n) is 3.48. The van der Waals surface area contributed by atoms with Crippen LogP contribution >= 0.6 is 23.1 Å². The number of hydrogen-bond donors (Lipinski definition) is 1. The summed E-state index contributed by atoms with van der Waals surface area (Å²) in [4.78, 5) is 5.61. The van der Waals surface area contributed by atoms with Crippen molar-refractivity contribution in [3.8, 4) is 0 Å². The van der Waals surface area contributed by atoms with Crippen molar-refractivity contribution in [3.63, 3.8) is 0 Å². The van der Waals surface area contributed by atoms with Gasteiger partial charge in [-0.05, 0) is 36.9 Å². The molecule has 1 aromatic heterocycles. The van der Waals surface area contributed by atoms with Crippen LogP contribution in [-0.2, 0) is 18.7 Å². The Labute approximate surface area is 119 Å². The molecule has 1 aliphatic rings. The predicted molar refractivity (Wildman–Crippen MR) is 83.7 cm³/mol. The van der Waals surface area contributed by atoms with Crippen molar-refractivity contribution >= 4 is 23.1 Å². The van der Waals surface area contributed by atoms with Gasteiger partial charge in [0.1, 0.15) is 0 Å². The van der Waals surface area contributed by atoms with Crippen LogP contribution in [0.2, 0.25) is 0 Å². The van der Waals surface area contributed by atoms with E-state index in [1.807, 2.05) is 11.3 Å². The van der Waals surface area contributed by atoms with Gasteiger partial charge in [0.25, 0.3) is 0 Å². The molecule has 102 valence electrons. The molecule has 0 saturated carbocycles. The topological polar surface area (TPSA) is 15.3 Å². The van der Waals surface area contributed by atoms with Crippen molar-refractivity contribution < 1.29 is 0 Å². The first kappa shape index (κ1) is 14.4. The molecular formula is C14H24N2S2. The van der Waals surface area contributed by atoms with Crippen molar-refractivity contribution in [3.05, 3.63) is 21.4 Å². The van der Waals surface area contributed by atoms with Crippen LogP contribution in [0.15, 0.2) is 6.07 Å². The molecule has 1 aliphatic heterocycles. The van der Waals surface area contributed by atoms with Crippen LogP contribution in [-0.4, -0.2) is 36.8 Å². The molecule has 0 amide bonds. The molecule has 0 aliphatic carbocycles. The van der Waals surface area contributed by atoms with E-state index in [1.165, 1.54) is 22.8 Å². The van der Waals surface area contributed by atoms with Gasteiger partial charge < -0.3 is 10.2 Å². The van der Waals surface area contributed by atoms with Crippen molar-refractivity contribution in [2.45, 2.75) is 32.6 Å². The van der Waals surface area contributed by atoms with Gasteiger partial charge in [-0.15, -0.1) is 11.3 Å². The quantitative estimate of drug-likeness (QED) is 0.775. The lowest BCUT2D eigenvalue weighted by Crippen LogP contribution is -2.31. The van der Waals surface area contributed by atoms with Crippen molar-refractivity contribution in [1.29, 1.82) is 0 Å². The number of thioether (sulfide) groups is 1. The summed E-state index contributed by atoms with van der Waals surface area (Å²) in [6.45, 7) is 10.1. The SMILES string of the molecule is CCN(CC)CCNCc1cc2c(s1)CCSC2. The lowest BCUT2D eigenvalue weighted by molar-refractivity contribution is 0.302. The molecule has 2 rings (SSSR count). The highest BCUT2D eigenvalue weighted by molar-refractivity contribution is 7.98. The lowest BCUT2D eigenvalue weighted by Gasteiger charge is -2.17. The van der Waals surface area contributed by atoms with E-state index in [-0.39, 0.29) is 0 Å². The number of rotatable bonds is 7.